The SMILES string of the molecule is O=C(O)C1(c2ccc(F)cc2)C=CON1. The molecule has 2 N–H and O–H groups in total. The summed E-state index contributed by atoms with van der Waals surface area (Å²) in [7, 11) is 0. The molecule has 4 nitrogen and oxygen atoms in total. The highest BCUT2D eigenvalue weighted by Gasteiger charge is 2.41. The summed E-state index contributed by atoms with van der Waals surface area (Å²) in [4.78, 5) is 15.8. The van der Waals surface area contributed by atoms with Crippen LogP contribution in [0.2, 0.25) is 0 Å². The normalized spacial score (nSPS) is 23.8. The summed E-state index contributed by atoms with van der Waals surface area (Å²) < 4.78 is 12.7. The Labute approximate surface area is 84.9 Å². The fourth-order valence-electron chi connectivity index (χ4n) is 1.40. The molecular formula is C10H8FNO3. The third kappa shape index (κ3) is 1.46. The third-order valence-electron chi connectivity index (χ3n) is 2.24. The van der Waals surface area contributed by atoms with E-state index < -0.39 is 17.3 Å². The van der Waals surface area contributed by atoms with Crippen LogP contribution in [0.15, 0.2) is 36.6 Å². The number of aliphatic carboxylic acids is 1. The molecule has 1 heterocycles. The van der Waals surface area contributed by atoms with Crippen LogP contribution in [0.1, 0.15) is 5.56 Å². The molecule has 1 aromatic carbocycles. The molecule has 1 aliphatic heterocycles. The van der Waals surface area contributed by atoms with E-state index >= 15 is 0 Å². The van der Waals surface area contributed by atoms with Crippen LogP contribution in [-0.4, -0.2) is 11.1 Å². The summed E-state index contributed by atoms with van der Waals surface area (Å²) in [6.45, 7) is 0. The van der Waals surface area contributed by atoms with E-state index in [2.05, 4.69) is 5.48 Å². The first-order chi connectivity index (χ1) is 7.15. The average Bonchev–Trinajstić information content (AvgIpc) is 2.69. The van der Waals surface area contributed by atoms with Crippen molar-refractivity contribution in [1.82, 2.24) is 5.48 Å². The van der Waals surface area contributed by atoms with Crippen molar-refractivity contribution in [2.45, 2.75) is 5.54 Å². The predicted octanol–water partition coefficient (Wildman–Crippen LogP) is 1.15. The first-order valence-electron chi connectivity index (χ1n) is 4.25. The maximum Gasteiger partial charge on any atom is 0.336 e. The maximum absolute atomic E-state index is 12.7. The van der Waals surface area contributed by atoms with Crippen molar-refractivity contribution in [1.29, 1.82) is 0 Å². The highest BCUT2D eigenvalue weighted by atomic mass is 19.1. The number of carbonyl (C=O) groups is 1. The Morgan fingerprint density at radius 2 is 2.07 bits per heavy atom. The fraction of sp³-hybridized carbons (Fsp3) is 0.100. The van der Waals surface area contributed by atoms with E-state index in [-0.39, 0.29) is 0 Å². The van der Waals surface area contributed by atoms with Gasteiger partial charge in [-0.15, -0.1) is 5.48 Å². The monoisotopic (exact) mass is 209 g/mol. The molecule has 2 rings (SSSR count). The van der Waals surface area contributed by atoms with Crippen LogP contribution in [0.25, 0.3) is 0 Å². The molecule has 0 saturated heterocycles. The maximum atomic E-state index is 12.7. The fourth-order valence-corrected chi connectivity index (χ4v) is 1.40. The number of hydroxylamine groups is 1. The molecule has 0 fully saturated rings. The van der Waals surface area contributed by atoms with Crippen LogP contribution in [0.5, 0.6) is 0 Å². The summed E-state index contributed by atoms with van der Waals surface area (Å²) >= 11 is 0. The number of carboxylic acid groups (broad SMARTS) is 1. The van der Waals surface area contributed by atoms with Crippen molar-refractivity contribution in [3.05, 3.63) is 48.0 Å². The summed E-state index contributed by atoms with van der Waals surface area (Å²) in [6.07, 6.45) is 2.61. The van der Waals surface area contributed by atoms with Gasteiger partial charge in [0.15, 0.2) is 5.54 Å². The lowest BCUT2D eigenvalue weighted by Crippen LogP contribution is -2.43. The molecule has 5 heteroatoms. The molecule has 0 aromatic heterocycles. The van der Waals surface area contributed by atoms with Crippen LogP contribution in [0.4, 0.5) is 4.39 Å². The van der Waals surface area contributed by atoms with E-state index in [1.165, 1.54) is 36.6 Å². The second kappa shape index (κ2) is 3.36. The molecule has 0 aliphatic carbocycles. The van der Waals surface area contributed by atoms with Gasteiger partial charge in [-0.1, -0.05) is 12.1 Å². The van der Waals surface area contributed by atoms with Gasteiger partial charge >= 0.3 is 5.97 Å². The van der Waals surface area contributed by atoms with E-state index in [1.807, 2.05) is 0 Å². The molecule has 15 heavy (non-hydrogen) atoms. The molecule has 1 unspecified atom stereocenters. The number of hydrogen-bond acceptors (Lipinski definition) is 3. The van der Waals surface area contributed by atoms with Gasteiger partial charge in [0.2, 0.25) is 0 Å². The van der Waals surface area contributed by atoms with E-state index in [0.29, 0.717) is 5.56 Å². The second-order valence-corrected chi connectivity index (χ2v) is 3.14. The number of benzene rings is 1. The molecule has 0 radical (unpaired) electrons. The Kier molecular flexibility index (Phi) is 2.17. The van der Waals surface area contributed by atoms with E-state index in [0.717, 1.165) is 0 Å². The van der Waals surface area contributed by atoms with Gasteiger partial charge in [-0.3, -0.25) is 0 Å². The largest absolute Gasteiger partial charge is 0.479 e. The lowest BCUT2D eigenvalue weighted by Gasteiger charge is -2.21. The number of hydrogen-bond donors (Lipinski definition) is 2. The van der Waals surface area contributed by atoms with Gasteiger partial charge in [0.25, 0.3) is 0 Å². The summed E-state index contributed by atoms with van der Waals surface area (Å²) in [5, 5.41) is 9.10. The molecule has 0 saturated carbocycles. The van der Waals surface area contributed by atoms with Crippen LogP contribution >= 0.6 is 0 Å². The predicted molar refractivity (Wildman–Crippen MR) is 49.1 cm³/mol. The molecule has 1 atom stereocenters. The van der Waals surface area contributed by atoms with Gasteiger partial charge in [0, 0.05) is 0 Å². The Hall–Kier alpha value is -1.88. The summed E-state index contributed by atoms with van der Waals surface area (Å²) in [5.41, 5.74) is 1.36. The smallest absolute Gasteiger partial charge is 0.336 e. The van der Waals surface area contributed by atoms with Crippen LogP contribution < -0.4 is 5.48 Å². The van der Waals surface area contributed by atoms with E-state index in [9.17, 15) is 9.18 Å². The standard InChI is InChI=1S/C10H8FNO3/c11-8-3-1-7(2-4-8)10(9(13)14)5-6-15-12-10/h1-6,12H,(H,13,14). The van der Waals surface area contributed by atoms with Crippen molar-refractivity contribution in [2.24, 2.45) is 0 Å². The Bertz CT molecular complexity index is 415. The number of carboxylic acids is 1. The molecule has 0 bridgehead atoms. The first kappa shape index (κ1) is 9.67. The van der Waals surface area contributed by atoms with Crippen molar-refractivity contribution < 1.29 is 19.1 Å². The topological polar surface area (TPSA) is 58.6 Å². The first-order valence-corrected chi connectivity index (χ1v) is 4.25. The van der Waals surface area contributed by atoms with Gasteiger partial charge in [0.05, 0.1) is 0 Å². The van der Waals surface area contributed by atoms with Gasteiger partial charge in [0.1, 0.15) is 12.1 Å². The highest BCUT2D eigenvalue weighted by Crippen LogP contribution is 2.26. The van der Waals surface area contributed by atoms with Gasteiger partial charge < -0.3 is 9.94 Å². The second-order valence-electron chi connectivity index (χ2n) is 3.14. The van der Waals surface area contributed by atoms with Crippen molar-refractivity contribution in [3.8, 4) is 0 Å². The Morgan fingerprint density at radius 1 is 1.40 bits per heavy atom. The minimum atomic E-state index is -1.42. The molecule has 1 aromatic rings. The minimum absolute atomic E-state index is 0.408. The zero-order valence-electron chi connectivity index (χ0n) is 7.61. The van der Waals surface area contributed by atoms with Crippen molar-refractivity contribution >= 4 is 5.97 Å². The lowest BCUT2D eigenvalue weighted by molar-refractivity contribution is -0.146. The van der Waals surface area contributed by atoms with Crippen LogP contribution in [0.3, 0.4) is 0 Å². The van der Waals surface area contributed by atoms with E-state index in [4.69, 9.17) is 9.94 Å². The summed E-state index contributed by atoms with van der Waals surface area (Å²) in [5.74, 6) is -1.52. The molecule has 1 aliphatic rings. The van der Waals surface area contributed by atoms with Crippen molar-refractivity contribution in [3.63, 3.8) is 0 Å². The number of rotatable bonds is 2. The van der Waals surface area contributed by atoms with Gasteiger partial charge in [-0.2, -0.15) is 0 Å². The van der Waals surface area contributed by atoms with E-state index in [1.54, 1.807) is 0 Å². The lowest BCUT2D eigenvalue weighted by atomic mass is 9.91. The molecular weight excluding hydrogens is 201 g/mol. The highest BCUT2D eigenvalue weighted by molar-refractivity contribution is 5.83. The number of halogens is 1. The van der Waals surface area contributed by atoms with Gasteiger partial charge in [-0.05, 0) is 23.8 Å². The van der Waals surface area contributed by atoms with Gasteiger partial charge in [-0.25, -0.2) is 9.18 Å². The number of nitrogens with one attached hydrogen (secondary N) is 1. The minimum Gasteiger partial charge on any atom is -0.479 e. The molecule has 0 spiro atoms. The van der Waals surface area contributed by atoms with Crippen LogP contribution in [-0.2, 0) is 15.2 Å². The zero-order valence-corrected chi connectivity index (χ0v) is 7.61. The Morgan fingerprint density at radius 3 is 2.53 bits per heavy atom. The zero-order chi connectivity index (χ0) is 10.9. The average molecular weight is 209 g/mol. The quantitative estimate of drug-likeness (QED) is 0.767. The molecule has 78 valence electrons. The molecule has 0 amide bonds. The van der Waals surface area contributed by atoms with Crippen LogP contribution in [0, 0.1) is 5.82 Å². The summed E-state index contributed by atoms with van der Waals surface area (Å²) in [6, 6.07) is 5.20. The third-order valence-corrected chi connectivity index (χ3v) is 2.24. The Balaban J connectivity index is 2.46. The van der Waals surface area contributed by atoms with Crippen molar-refractivity contribution in [2.75, 3.05) is 0 Å².